The van der Waals surface area contributed by atoms with E-state index in [1.165, 1.54) is 0 Å². The molecule has 5 heteroatoms. The molecule has 1 saturated carbocycles. The van der Waals surface area contributed by atoms with Gasteiger partial charge in [-0.25, -0.2) is 0 Å². The fourth-order valence-electron chi connectivity index (χ4n) is 3.53. The molecule has 2 rings (SSSR count). The van der Waals surface area contributed by atoms with E-state index in [1.807, 2.05) is 0 Å². The van der Waals surface area contributed by atoms with Gasteiger partial charge in [0.25, 0.3) is 0 Å². The maximum Gasteiger partial charge on any atom is 0.303 e. The second-order valence-corrected chi connectivity index (χ2v) is 6.36. The van der Waals surface area contributed by atoms with Crippen molar-refractivity contribution in [3.8, 4) is 0 Å². The van der Waals surface area contributed by atoms with Crippen LogP contribution in [0.1, 0.15) is 45.4 Å². The Balaban J connectivity index is 1.95. The van der Waals surface area contributed by atoms with Gasteiger partial charge in [0, 0.05) is 19.5 Å². The molecule has 1 aliphatic heterocycles. The van der Waals surface area contributed by atoms with Crippen molar-refractivity contribution < 1.29 is 14.7 Å². The number of likely N-dealkylation sites (tertiary alicyclic amines) is 1. The molecule has 0 spiro atoms. The zero-order valence-electron chi connectivity index (χ0n) is 11.6. The highest BCUT2D eigenvalue weighted by molar-refractivity contribution is 5.86. The topological polar surface area (TPSA) is 83.6 Å². The largest absolute Gasteiger partial charge is 0.481 e. The summed E-state index contributed by atoms with van der Waals surface area (Å²) in [5.41, 5.74) is 5.60. The van der Waals surface area contributed by atoms with Crippen LogP contribution in [0.5, 0.6) is 0 Å². The lowest BCUT2D eigenvalue weighted by atomic mass is 9.76. The van der Waals surface area contributed by atoms with Crippen molar-refractivity contribution in [2.75, 3.05) is 13.1 Å². The minimum absolute atomic E-state index is 0.0342. The number of carboxylic acids is 1. The summed E-state index contributed by atoms with van der Waals surface area (Å²) in [6, 6.07) is 0. The first-order chi connectivity index (χ1) is 8.90. The lowest BCUT2D eigenvalue weighted by Crippen LogP contribution is -2.56. The summed E-state index contributed by atoms with van der Waals surface area (Å²) < 4.78 is 0. The van der Waals surface area contributed by atoms with E-state index >= 15 is 0 Å². The van der Waals surface area contributed by atoms with Gasteiger partial charge in [0.05, 0.1) is 5.54 Å². The Morgan fingerprint density at radius 3 is 2.79 bits per heavy atom. The van der Waals surface area contributed by atoms with Crippen LogP contribution in [-0.2, 0) is 9.59 Å². The summed E-state index contributed by atoms with van der Waals surface area (Å²) in [6.07, 6.45) is 4.60. The van der Waals surface area contributed by atoms with Crippen LogP contribution in [0, 0.1) is 11.8 Å². The van der Waals surface area contributed by atoms with Crippen LogP contribution in [0.2, 0.25) is 0 Å². The number of carbonyl (C=O) groups excluding carboxylic acids is 1. The molecule has 0 radical (unpaired) electrons. The molecular weight excluding hydrogens is 244 g/mol. The second kappa shape index (κ2) is 5.49. The van der Waals surface area contributed by atoms with Crippen molar-refractivity contribution in [1.29, 1.82) is 0 Å². The highest BCUT2D eigenvalue weighted by Crippen LogP contribution is 2.33. The number of amides is 1. The summed E-state index contributed by atoms with van der Waals surface area (Å²) >= 11 is 0. The first-order valence-electron chi connectivity index (χ1n) is 7.21. The van der Waals surface area contributed by atoms with Crippen LogP contribution < -0.4 is 5.73 Å². The number of nitrogens with two attached hydrogens (primary N) is 1. The van der Waals surface area contributed by atoms with Gasteiger partial charge in [-0.3, -0.25) is 9.59 Å². The normalized spacial score (nSPS) is 35.4. The summed E-state index contributed by atoms with van der Waals surface area (Å²) in [7, 11) is 0. The SMILES string of the molecule is CC1CCCC(N)(C(=O)N2CCC(CC(=O)O)C2)C1. The average molecular weight is 268 g/mol. The van der Waals surface area contributed by atoms with E-state index in [4.69, 9.17) is 10.8 Å². The van der Waals surface area contributed by atoms with E-state index in [9.17, 15) is 9.59 Å². The van der Waals surface area contributed by atoms with Gasteiger partial charge in [-0.2, -0.15) is 0 Å². The molecule has 1 heterocycles. The Morgan fingerprint density at radius 2 is 2.16 bits per heavy atom. The summed E-state index contributed by atoms with van der Waals surface area (Å²) in [4.78, 5) is 25.0. The number of hydrogen-bond donors (Lipinski definition) is 2. The number of carbonyl (C=O) groups is 2. The molecule has 0 aromatic rings. The molecule has 2 fully saturated rings. The Hall–Kier alpha value is -1.10. The molecule has 0 aromatic heterocycles. The molecule has 108 valence electrons. The van der Waals surface area contributed by atoms with Crippen LogP contribution in [0.15, 0.2) is 0 Å². The van der Waals surface area contributed by atoms with E-state index in [-0.39, 0.29) is 18.2 Å². The van der Waals surface area contributed by atoms with Gasteiger partial charge in [0.15, 0.2) is 0 Å². The van der Waals surface area contributed by atoms with Crippen molar-refractivity contribution in [3.05, 3.63) is 0 Å². The van der Waals surface area contributed by atoms with Crippen LogP contribution in [0.3, 0.4) is 0 Å². The molecule has 1 saturated heterocycles. The molecule has 19 heavy (non-hydrogen) atoms. The predicted octanol–water partition coefficient (Wildman–Crippen LogP) is 1.22. The van der Waals surface area contributed by atoms with Gasteiger partial charge in [0.1, 0.15) is 0 Å². The van der Waals surface area contributed by atoms with Gasteiger partial charge in [-0.15, -0.1) is 0 Å². The minimum Gasteiger partial charge on any atom is -0.481 e. The molecule has 1 aliphatic carbocycles. The Morgan fingerprint density at radius 1 is 1.42 bits per heavy atom. The zero-order chi connectivity index (χ0) is 14.0. The zero-order valence-corrected chi connectivity index (χ0v) is 11.6. The van der Waals surface area contributed by atoms with E-state index in [2.05, 4.69) is 6.92 Å². The second-order valence-electron chi connectivity index (χ2n) is 6.36. The lowest BCUT2D eigenvalue weighted by molar-refractivity contribution is -0.140. The Labute approximate surface area is 114 Å². The lowest BCUT2D eigenvalue weighted by Gasteiger charge is -2.38. The molecule has 2 aliphatic rings. The minimum atomic E-state index is -0.784. The van der Waals surface area contributed by atoms with E-state index in [0.717, 1.165) is 32.1 Å². The maximum atomic E-state index is 12.6. The summed E-state index contributed by atoms with van der Waals surface area (Å²) in [6.45, 7) is 3.35. The number of aliphatic carboxylic acids is 1. The van der Waals surface area contributed by atoms with E-state index in [1.54, 1.807) is 4.90 Å². The van der Waals surface area contributed by atoms with Crippen molar-refractivity contribution >= 4 is 11.9 Å². The van der Waals surface area contributed by atoms with Gasteiger partial charge in [-0.1, -0.05) is 19.8 Å². The molecule has 0 aromatic carbocycles. The highest BCUT2D eigenvalue weighted by atomic mass is 16.4. The quantitative estimate of drug-likeness (QED) is 0.806. The Bertz CT molecular complexity index is 372. The smallest absolute Gasteiger partial charge is 0.303 e. The maximum absolute atomic E-state index is 12.6. The summed E-state index contributed by atoms with van der Waals surface area (Å²) in [5, 5.41) is 8.80. The third-order valence-electron chi connectivity index (χ3n) is 4.49. The average Bonchev–Trinajstić information content (AvgIpc) is 2.75. The van der Waals surface area contributed by atoms with Gasteiger partial charge < -0.3 is 15.7 Å². The Kier molecular flexibility index (Phi) is 4.13. The summed E-state index contributed by atoms with van der Waals surface area (Å²) in [5.74, 6) is -0.161. The molecule has 0 bridgehead atoms. The molecule has 5 nitrogen and oxygen atoms in total. The molecule has 3 unspecified atom stereocenters. The first-order valence-corrected chi connectivity index (χ1v) is 7.21. The van der Waals surface area contributed by atoms with Crippen molar-refractivity contribution in [2.45, 2.75) is 51.0 Å². The molecular formula is C14H24N2O3. The van der Waals surface area contributed by atoms with Crippen LogP contribution >= 0.6 is 0 Å². The van der Waals surface area contributed by atoms with Gasteiger partial charge in [0.2, 0.25) is 5.91 Å². The number of carboxylic acid groups (broad SMARTS) is 1. The fraction of sp³-hybridized carbons (Fsp3) is 0.857. The number of rotatable bonds is 3. The van der Waals surface area contributed by atoms with Crippen molar-refractivity contribution in [1.82, 2.24) is 4.90 Å². The van der Waals surface area contributed by atoms with Gasteiger partial charge >= 0.3 is 5.97 Å². The third kappa shape index (κ3) is 3.26. The van der Waals surface area contributed by atoms with Crippen molar-refractivity contribution in [2.24, 2.45) is 17.6 Å². The van der Waals surface area contributed by atoms with E-state index < -0.39 is 11.5 Å². The standard InChI is InChI=1S/C14H24N2O3/c1-10-3-2-5-14(15,8-10)13(19)16-6-4-11(9-16)7-12(17)18/h10-11H,2-9,15H2,1H3,(H,17,18). The third-order valence-corrected chi connectivity index (χ3v) is 4.49. The molecule has 3 atom stereocenters. The fourth-order valence-corrected chi connectivity index (χ4v) is 3.53. The van der Waals surface area contributed by atoms with Gasteiger partial charge in [-0.05, 0) is 31.1 Å². The molecule has 1 amide bonds. The van der Waals surface area contributed by atoms with Crippen molar-refractivity contribution in [3.63, 3.8) is 0 Å². The number of nitrogens with zero attached hydrogens (tertiary/aromatic N) is 1. The first kappa shape index (κ1) is 14.3. The predicted molar refractivity (Wildman–Crippen MR) is 71.5 cm³/mol. The highest BCUT2D eigenvalue weighted by Gasteiger charge is 2.42. The van der Waals surface area contributed by atoms with E-state index in [0.29, 0.717) is 19.0 Å². The number of hydrogen-bond acceptors (Lipinski definition) is 3. The van der Waals surface area contributed by atoms with Crippen LogP contribution in [-0.4, -0.2) is 40.5 Å². The van der Waals surface area contributed by atoms with Crippen LogP contribution in [0.4, 0.5) is 0 Å². The molecule has 3 N–H and O–H groups in total. The van der Waals surface area contributed by atoms with Crippen LogP contribution in [0.25, 0.3) is 0 Å². The monoisotopic (exact) mass is 268 g/mol.